The summed E-state index contributed by atoms with van der Waals surface area (Å²) in [6.45, 7) is 10.1. The van der Waals surface area contributed by atoms with Gasteiger partial charge >= 0.3 is 6.03 Å². The fourth-order valence-corrected chi connectivity index (χ4v) is 1.90. The van der Waals surface area contributed by atoms with E-state index in [1.807, 2.05) is 34.6 Å². The zero-order chi connectivity index (χ0) is 17.6. The first kappa shape index (κ1) is 19.0. The summed E-state index contributed by atoms with van der Waals surface area (Å²) in [5.41, 5.74) is 6.49. The minimum Gasteiger partial charge on any atom is -0.345 e. The number of benzene rings is 1. The van der Waals surface area contributed by atoms with E-state index in [-0.39, 0.29) is 23.9 Å². The molecule has 0 aliphatic heterocycles. The fraction of sp³-hybridized carbons (Fsp3) is 0.529. The molecule has 0 fully saturated rings. The molecular formula is C17H28N4O2. The molecule has 1 aromatic carbocycles. The summed E-state index contributed by atoms with van der Waals surface area (Å²) >= 11 is 0. The first-order valence-electron chi connectivity index (χ1n) is 7.88. The maximum atomic E-state index is 12.3. The van der Waals surface area contributed by atoms with Crippen molar-refractivity contribution in [3.63, 3.8) is 0 Å². The highest BCUT2D eigenvalue weighted by atomic mass is 16.2. The SMILES string of the molecule is CC(C)NC(=O)Nc1ccc(C(=O)NC(C)(CN)C(C)C)cc1. The van der Waals surface area contributed by atoms with Crippen LogP contribution in [0.15, 0.2) is 24.3 Å². The van der Waals surface area contributed by atoms with Crippen LogP contribution in [0.1, 0.15) is 45.0 Å². The van der Waals surface area contributed by atoms with E-state index in [1.165, 1.54) is 0 Å². The van der Waals surface area contributed by atoms with Crippen molar-refractivity contribution >= 4 is 17.6 Å². The summed E-state index contributed by atoms with van der Waals surface area (Å²) in [7, 11) is 0. The van der Waals surface area contributed by atoms with Crippen LogP contribution in [0.25, 0.3) is 0 Å². The summed E-state index contributed by atoms with van der Waals surface area (Å²) in [6, 6.07) is 6.54. The molecule has 1 unspecified atom stereocenters. The van der Waals surface area contributed by atoms with Gasteiger partial charge in [-0.2, -0.15) is 0 Å². The van der Waals surface area contributed by atoms with Crippen molar-refractivity contribution in [2.45, 2.75) is 46.2 Å². The molecule has 0 spiro atoms. The van der Waals surface area contributed by atoms with Crippen LogP contribution in [0.5, 0.6) is 0 Å². The summed E-state index contributed by atoms with van der Waals surface area (Å²) in [5, 5.41) is 8.43. The molecular weight excluding hydrogens is 292 g/mol. The molecule has 128 valence electrons. The van der Waals surface area contributed by atoms with E-state index in [0.717, 1.165) is 0 Å². The Bertz CT molecular complexity index is 540. The van der Waals surface area contributed by atoms with E-state index in [9.17, 15) is 9.59 Å². The van der Waals surface area contributed by atoms with Crippen LogP contribution >= 0.6 is 0 Å². The first-order chi connectivity index (χ1) is 10.7. The Balaban J connectivity index is 2.73. The molecule has 1 atom stereocenters. The van der Waals surface area contributed by atoms with Gasteiger partial charge < -0.3 is 21.7 Å². The molecule has 5 N–H and O–H groups in total. The Kier molecular flexibility index (Phi) is 6.57. The van der Waals surface area contributed by atoms with Crippen LogP contribution in [-0.2, 0) is 0 Å². The van der Waals surface area contributed by atoms with Gasteiger partial charge in [-0.15, -0.1) is 0 Å². The predicted octanol–water partition coefficient (Wildman–Crippen LogP) is 2.32. The second-order valence-corrected chi connectivity index (χ2v) is 6.56. The maximum absolute atomic E-state index is 12.3. The number of urea groups is 1. The lowest BCUT2D eigenvalue weighted by Gasteiger charge is -2.33. The van der Waals surface area contributed by atoms with Crippen molar-refractivity contribution in [2.24, 2.45) is 11.7 Å². The van der Waals surface area contributed by atoms with Crippen LogP contribution in [0.2, 0.25) is 0 Å². The van der Waals surface area contributed by atoms with E-state index in [0.29, 0.717) is 17.8 Å². The second kappa shape index (κ2) is 7.97. The fourth-order valence-electron chi connectivity index (χ4n) is 1.90. The largest absolute Gasteiger partial charge is 0.345 e. The number of hydrogen-bond acceptors (Lipinski definition) is 3. The highest BCUT2D eigenvalue weighted by molar-refractivity contribution is 5.96. The van der Waals surface area contributed by atoms with E-state index in [4.69, 9.17) is 5.73 Å². The van der Waals surface area contributed by atoms with Gasteiger partial charge in [0.2, 0.25) is 0 Å². The van der Waals surface area contributed by atoms with Gasteiger partial charge in [0, 0.05) is 23.8 Å². The Labute approximate surface area is 138 Å². The van der Waals surface area contributed by atoms with Crippen LogP contribution in [0, 0.1) is 5.92 Å². The molecule has 0 saturated carbocycles. The molecule has 0 radical (unpaired) electrons. The summed E-state index contributed by atoms with van der Waals surface area (Å²) in [6.07, 6.45) is 0. The third-order valence-corrected chi connectivity index (χ3v) is 3.92. The van der Waals surface area contributed by atoms with Gasteiger partial charge in [-0.25, -0.2) is 4.79 Å². The highest BCUT2D eigenvalue weighted by Gasteiger charge is 2.28. The Hall–Kier alpha value is -2.08. The standard InChI is InChI=1S/C17H28N4O2/c1-11(2)17(5,10-18)21-15(22)13-6-8-14(9-7-13)20-16(23)19-12(3)4/h6-9,11-12H,10,18H2,1-5H3,(H,21,22)(H2,19,20,23). The monoisotopic (exact) mass is 320 g/mol. The summed E-state index contributed by atoms with van der Waals surface area (Å²) < 4.78 is 0. The summed E-state index contributed by atoms with van der Waals surface area (Å²) in [4.78, 5) is 24.0. The van der Waals surface area contributed by atoms with Crippen LogP contribution in [0.3, 0.4) is 0 Å². The molecule has 0 saturated heterocycles. The molecule has 0 aromatic heterocycles. The average molecular weight is 320 g/mol. The number of amides is 3. The number of hydrogen-bond donors (Lipinski definition) is 4. The number of nitrogens with two attached hydrogens (primary N) is 1. The molecule has 0 aliphatic carbocycles. The number of carbonyl (C=O) groups is 2. The van der Waals surface area contributed by atoms with Gasteiger partial charge in [-0.05, 0) is 51.0 Å². The lowest BCUT2D eigenvalue weighted by Crippen LogP contribution is -2.55. The van der Waals surface area contributed by atoms with Crippen LogP contribution in [-0.4, -0.2) is 30.1 Å². The molecule has 0 bridgehead atoms. The lowest BCUT2D eigenvalue weighted by atomic mass is 9.88. The number of nitrogens with one attached hydrogen (secondary N) is 3. The zero-order valence-corrected chi connectivity index (χ0v) is 14.6. The smallest absolute Gasteiger partial charge is 0.319 e. The van der Waals surface area contributed by atoms with Crippen molar-refractivity contribution in [3.05, 3.63) is 29.8 Å². The van der Waals surface area contributed by atoms with Crippen molar-refractivity contribution in [3.8, 4) is 0 Å². The van der Waals surface area contributed by atoms with E-state index < -0.39 is 5.54 Å². The van der Waals surface area contributed by atoms with Gasteiger partial charge in [0.05, 0.1) is 5.54 Å². The van der Waals surface area contributed by atoms with Crippen LogP contribution < -0.4 is 21.7 Å². The van der Waals surface area contributed by atoms with Gasteiger partial charge in [0.15, 0.2) is 0 Å². The van der Waals surface area contributed by atoms with Gasteiger partial charge in [0.1, 0.15) is 0 Å². The minimum atomic E-state index is -0.453. The Morgan fingerprint density at radius 1 is 1.13 bits per heavy atom. The molecule has 1 aromatic rings. The average Bonchev–Trinajstić information content (AvgIpc) is 2.46. The molecule has 0 aliphatic rings. The summed E-state index contributed by atoms with van der Waals surface area (Å²) in [5.74, 6) is 0.0435. The predicted molar refractivity (Wildman–Crippen MR) is 93.5 cm³/mol. The maximum Gasteiger partial charge on any atom is 0.319 e. The topological polar surface area (TPSA) is 96.2 Å². The first-order valence-corrected chi connectivity index (χ1v) is 7.88. The third kappa shape index (κ3) is 5.56. The Morgan fingerprint density at radius 2 is 1.70 bits per heavy atom. The number of carbonyl (C=O) groups excluding carboxylic acids is 2. The second-order valence-electron chi connectivity index (χ2n) is 6.56. The molecule has 1 rings (SSSR count). The molecule has 0 heterocycles. The highest BCUT2D eigenvalue weighted by Crippen LogP contribution is 2.16. The normalized spacial score (nSPS) is 13.6. The van der Waals surface area contributed by atoms with Gasteiger partial charge in [-0.3, -0.25) is 4.79 Å². The van der Waals surface area contributed by atoms with Crippen molar-refractivity contribution in [1.82, 2.24) is 10.6 Å². The zero-order valence-electron chi connectivity index (χ0n) is 14.6. The van der Waals surface area contributed by atoms with E-state index >= 15 is 0 Å². The molecule has 6 nitrogen and oxygen atoms in total. The van der Waals surface area contributed by atoms with Crippen molar-refractivity contribution in [1.29, 1.82) is 0 Å². The molecule has 6 heteroatoms. The van der Waals surface area contributed by atoms with Crippen molar-refractivity contribution < 1.29 is 9.59 Å². The van der Waals surface area contributed by atoms with Crippen LogP contribution in [0.4, 0.5) is 10.5 Å². The lowest BCUT2D eigenvalue weighted by molar-refractivity contribution is 0.0883. The Morgan fingerprint density at radius 3 is 2.13 bits per heavy atom. The molecule has 3 amide bonds. The van der Waals surface area contributed by atoms with E-state index in [1.54, 1.807) is 24.3 Å². The van der Waals surface area contributed by atoms with Gasteiger partial charge in [-0.1, -0.05) is 13.8 Å². The molecule has 23 heavy (non-hydrogen) atoms. The van der Waals surface area contributed by atoms with E-state index in [2.05, 4.69) is 16.0 Å². The van der Waals surface area contributed by atoms with Gasteiger partial charge in [0.25, 0.3) is 5.91 Å². The number of rotatable bonds is 6. The third-order valence-electron chi connectivity index (χ3n) is 3.92. The quantitative estimate of drug-likeness (QED) is 0.647. The van der Waals surface area contributed by atoms with Crippen molar-refractivity contribution in [2.75, 3.05) is 11.9 Å². The minimum absolute atomic E-state index is 0.0602. The number of anilines is 1.